The normalized spacial score (nSPS) is 12.9. The van der Waals surface area contributed by atoms with Crippen molar-refractivity contribution in [3.05, 3.63) is 30.1 Å². The molecule has 0 heterocycles. The number of ether oxygens (including phenoxy) is 1. The Morgan fingerprint density at radius 3 is 2.38 bits per heavy atom. The molecule has 0 radical (unpaired) electrons. The van der Waals surface area contributed by atoms with E-state index in [9.17, 15) is 14.0 Å². The molecule has 1 amide bonds. The van der Waals surface area contributed by atoms with Gasteiger partial charge in [0.15, 0.2) is 0 Å². The van der Waals surface area contributed by atoms with Gasteiger partial charge in [0.25, 0.3) is 0 Å². The highest BCUT2D eigenvalue weighted by atomic mass is 19.1. The van der Waals surface area contributed by atoms with Crippen molar-refractivity contribution >= 4 is 18.1 Å². The largest absolute Gasteiger partial charge is 0.443 e. The zero-order valence-corrected chi connectivity index (χ0v) is 13.1. The maximum Gasteiger partial charge on any atom is 0.415 e. The van der Waals surface area contributed by atoms with E-state index in [0.717, 1.165) is 0 Å². The fourth-order valence-electron chi connectivity index (χ4n) is 1.85. The zero-order chi connectivity index (χ0) is 16.2. The lowest BCUT2D eigenvalue weighted by molar-refractivity contribution is -0.109. The number of hydrogen-bond donors (Lipinski definition) is 0. The topological polar surface area (TPSA) is 46.6 Å². The lowest BCUT2D eigenvalue weighted by atomic mass is 10.0. The summed E-state index contributed by atoms with van der Waals surface area (Å²) >= 11 is 0. The quantitative estimate of drug-likeness (QED) is 0.794. The number of rotatable bonds is 4. The van der Waals surface area contributed by atoms with E-state index in [1.54, 1.807) is 26.8 Å². The number of benzene rings is 1. The lowest BCUT2D eigenvalue weighted by Crippen LogP contribution is -2.47. The van der Waals surface area contributed by atoms with Gasteiger partial charge in [0.2, 0.25) is 0 Å². The predicted molar refractivity (Wildman–Crippen MR) is 79.8 cm³/mol. The highest BCUT2D eigenvalue weighted by molar-refractivity contribution is 5.92. The average Bonchev–Trinajstić information content (AvgIpc) is 2.32. The SMILES string of the molecule is CC(C)C(C=O)N(C(=O)OC(C)(C)C)c1cccc(F)c1. The van der Waals surface area contributed by atoms with Crippen LogP contribution in [0.2, 0.25) is 0 Å². The highest BCUT2D eigenvalue weighted by Gasteiger charge is 2.31. The van der Waals surface area contributed by atoms with E-state index in [1.165, 1.54) is 23.1 Å². The fraction of sp³-hybridized carbons (Fsp3) is 0.500. The molecule has 0 bridgehead atoms. The molecule has 0 N–H and O–H groups in total. The van der Waals surface area contributed by atoms with E-state index >= 15 is 0 Å². The van der Waals surface area contributed by atoms with Crippen LogP contribution in [-0.2, 0) is 9.53 Å². The second-order valence-electron chi connectivity index (χ2n) is 6.20. The molecule has 0 saturated carbocycles. The molecular weight excluding hydrogens is 273 g/mol. The Kier molecular flexibility index (Phi) is 5.47. The highest BCUT2D eigenvalue weighted by Crippen LogP contribution is 2.24. The van der Waals surface area contributed by atoms with E-state index in [-0.39, 0.29) is 5.92 Å². The van der Waals surface area contributed by atoms with Crippen molar-refractivity contribution in [1.82, 2.24) is 0 Å². The maximum atomic E-state index is 13.4. The number of aldehydes is 1. The number of nitrogens with zero attached hydrogens (tertiary/aromatic N) is 1. The molecule has 1 aromatic carbocycles. The summed E-state index contributed by atoms with van der Waals surface area (Å²) in [6, 6.07) is 4.84. The number of amides is 1. The van der Waals surface area contributed by atoms with Crippen molar-refractivity contribution in [2.75, 3.05) is 4.90 Å². The van der Waals surface area contributed by atoms with Crippen LogP contribution in [0.15, 0.2) is 24.3 Å². The summed E-state index contributed by atoms with van der Waals surface area (Å²) in [4.78, 5) is 25.0. The summed E-state index contributed by atoms with van der Waals surface area (Å²) in [7, 11) is 0. The minimum Gasteiger partial charge on any atom is -0.443 e. The van der Waals surface area contributed by atoms with Gasteiger partial charge < -0.3 is 9.53 Å². The van der Waals surface area contributed by atoms with E-state index in [1.807, 2.05) is 13.8 Å². The maximum absolute atomic E-state index is 13.4. The molecule has 116 valence electrons. The van der Waals surface area contributed by atoms with Crippen LogP contribution in [0.1, 0.15) is 34.6 Å². The third-order valence-electron chi connectivity index (χ3n) is 2.80. The Morgan fingerprint density at radius 2 is 1.95 bits per heavy atom. The molecule has 1 rings (SSSR count). The Hall–Kier alpha value is -1.91. The van der Waals surface area contributed by atoms with Crippen LogP contribution >= 0.6 is 0 Å². The lowest BCUT2D eigenvalue weighted by Gasteiger charge is -2.32. The van der Waals surface area contributed by atoms with Crippen LogP contribution in [0.25, 0.3) is 0 Å². The van der Waals surface area contributed by atoms with Gasteiger partial charge in [0.05, 0.1) is 11.7 Å². The average molecular weight is 295 g/mol. The molecule has 0 aliphatic rings. The summed E-state index contributed by atoms with van der Waals surface area (Å²) in [5.74, 6) is -0.604. The smallest absolute Gasteiger partial charge is 0.415 e. The number of halogens is 1. The number of carbonyl (C=O) groups is 2. The fourth-order valence-corrected chi connectivity index (χ4v) is 1.85. The molecule has 1 atom stereocenters. The predicted octanol–water partition coefficient (Wildman–Crippen LogP) is 3.79. The second-order valence-corrected chi connectivity index (χ2v) is 6.20. The second kappa shape index (κ2) is 6.70. The van der Waals surface area contributed by atoms with Gasteiger partial charge in [-0.25, -0.2) is 9.18 Å². The molecule has 0 saturated heterocycles. The molecule has 5 heteroatoms. The Labute approximate surface area is 124 Å². The van der Waals surface area contributed by atoms with Crippen LogP contribution in [0.3, 0.4) is 0 Å². The van der Waals surface area contributed by atoms with E-state index in [0.29, 0.717) is 12.0 Å². The first-order chi connectivity index (χ1) is 9.65. The van der Waals surface area contributed by atoms with Crippen LogP contribution in [0, 0.1) is 11.7 Å². The molecule has 1 unspecified atom stereocenters. The monoisotopic (exact) mass is 295 g/mol. The van der Waals surface area contributed by atoms with Crippen molar-refractivity contribution in [3.63, 3.8) is 0 Å². The Balaban J connectivity index is 3.23. The minimum atomic E-state index is -0.721. The van der Waals surface area contributed by atoms with Crippen molar-refractivity contribution < 1.29 is 18.7 Å². The molecule has 21 heavy (non-hydrogen) atoms. The van der Waals surface area contributed by atoms with Crippen molar-refractivity contribution in [2.24, 2.45) is 5.92 Å². The zero-order valence-electron chi connectivity index (χ0n) is 13.1. The molecule has 1 aromatic rings. The summed E-state index contributed by atoms with van der Waals surface area (Å²) in [5.41, 5.74) is -0.400. The number of anilines is 1. The van der Waals surface area contributed by atoms with Gasteiger partial charge in [-0.15, -0.1) is 0 Å². The van der Waals surface area contributed by atoms with Gasteiger partial charge in [-0.1, -0.05) is 19.9 Å². The van der Waals surface area contributed by atoms with E-state index < -0.39 is 23.6 Å². The minimum absolute atomic E-state index is 0.127. The van der Waals surface area contributed by atoms with Gasteiger partial charge in [-0.05, 0) is 44.9 Å². The first-order valence-corrected chi connectivity index (χ1v) is 6.89. The van der Waals surface area contributed by atoms with Gasteiger partial charge in [0, 0.05) is 0 Å². The summed E-state index contributed by atoms with van der Waals surface area (Å²) in [6.45, 7) is 8.84. The first kappa shape index (κ1) is 17.1. The van der Waals surface area contributed by atoms with Crippen molar-refractivity contribution in [3.8, 4) is 0 Å². The van der Waals surface area contributed by atoms with Crippen molar-refractivity contribution in [1.29, 1.82) is 0 Å². The van der Waals surface area contributed by atoms with Crippen LogP contribution in [0.5, 0.6) is 0 Å². The molecule has 0 aliphatic carbocycles. The summed E-state index contributed by atoms with van der Waals surface area (Å²) < 4.78 is 18.8. The molecule has 0 aliphatic heterocycles. The Bertz CT molecular complexity index is 508. The van der Waals surface area contributed by atoms with Crippen molar-refractivity contribution in [2.45, 2.75) is 46.3 Å². The molecule has 0 aromatic heterocycles. The van der Waals surface area contributed by atoms with Gasteiger partial charge in [-0.3, -0.25) is 4.90 Å². The number of hydrogen-bond acceptors (Lipinski definition) is 3. The first-order valence-electron chi connectivity index (χ1n) is 6.89. The standard InChI is InChI=1S/C16H22FNO3/c1-11(2)14(10-19)18(15(20)21-16(3,4)5)13-8-6-7-12(17)9-13/h6-11,14H,1-5H3. The number of carbonyl (C=O) groups excluding carboxylic acids is 2. The molecule has 4 nitrogen and oxygen atoms in total. The summed E-state index contributed by atoms with van der Waals surface area (Å²) in [6.07, 6.45) is 0.0124. The van der Waals surface area contributed by atoms with E-state index in [2.05, 4.69) is 0 Å². The van der Waals surface area contributed by atoms with E-state index in [4.69, 9.17) is 4.74 Å². The Morgan fingerprint density at radius 1 is 1.33 bits per heavy atom. The van der Waals surface area contributed by atoms with Gasteiger partial charge >= 0.3 is 6.09 Å². The van der Waals surface area contributed by atoms with Crippen LogP contribution < -0.4 is 4.90 Å². The van der Waals surface area contributed by atoms with Crippen LogP contribution in [0.4, 0.5) is 14.9 Å². The third-order valence-corrected chi connectivity index (χ3v) is 2.80. The molecule has 0 fully saturated rings. The summed E-state index contributed by atoms with van der Waals surface area (Å²) in [5, 5.41) is 0. The van der Waals surface area contributed by atoms with Gasteiger partial charge in [-0.2, -0.15) is 0 Å². The third kappa shape index (κ3) is 4.85. The van der Waals surface area contributed by atoms with Crippen LogP contribution in [-0.4, -0.2) is 24.0 Å². The van der Waals surface area contributed by atoms with Gasteiger partial charge in [0.1, 0.15) is 17.7 Å². The molecular formula is C16H22FNO3. The molecule has 0 spiro atoms.